The standard InChI is InChI=1S/C22H25ClN7O3S/c1-14-4-3-5-16(23)20(14)30(33)21(32)17-13-24-22(34-17)27-18-12-19(26-15(2)25-18)29-8-6-28(7-9-29)10-11-31/h3-5,12-13,31H,6-11H2,1-2H3,(H,24,25,26,27)/q-1/i6D2,7D2,8D2,9D2. The molecule has 2 N–H and O–H groups in total. The average molecular weight is 511 g/mol. The van der Waals surface area contributed by atoms with Crippen molar-refractivity contribution in [3.63, 3.8) is 0 Å². The lowest BCUT2D eigenvalue weighted by molar-refractivity contribution is 0.100. The van der Waals surface area contributed by atoms with Gasteiger partial charge in [0.15, 0.2) is 5.13 Å². The number of para-hydroxylation sites is 1. The molecule has 1 saturated heterocycles. The van der Waals surface area contributed by atoms with Crippen molar-refractivity contribution in [3.8, 4) is 0 Å². The number of halogens is 1. The van der Waals surface area contributed by atoms with Gasteiger partial charge >= 0.3 is 0 Å². The summed E-state index contributed by atoms with van der Waals surface area (Å²) in [7, 11) is 0. The number of anilines is 4. The minimum absolute atomic E-state index is 0.00621. The molecule has 1 aliphatic rings. The fourth-order valence-electron chi connectivity index (χ4n) is 2.96. The Bertz CT molecular complexity index is 1460. The third-order valence-electron chi connectivity index (χ3n) is 4.50. The number of rotatable bonds is 7. The van der Waals surface area contributed by atoms with E-state index in [0.717, 1.165) is 23.6 Å². The number of hydrogen-bond donors (Lipinski definition) is 2. The Kier molecular flexibility index (Phi) is 4.98. The van der Waals surface area contributed by atoms with Gasteiger partial charge in [0.1, 0.15) is 22.3 Å². The predicted molar refractivity (Wildman–Crippen MR) is 134 cm³/mol. The van der Waals surface area contributed by atoms with Crippen LogP contribution in [0.5, 0.6) is 0 Å². The predicted octanol–water partition coefficient (Wildman–Crippen LogP) is 3.21. The lowest BCUT2D eigenvalue weighted by atomic mass is 10.2. The van der Waals surface area contributed by atoms with Gasteiger partial charge in [0.25, 0.3) is 5.91 Å². The van der Waals surface area contributed by atoms with Crippen LogP contribution in [0.15, 0.2) is 30.5 Å². The van der Waals surface area contributed by atoms with E-state index >= 15 is 0 Å². The summed E-state index contributed by atoms with van der Waals surface area (Å²) >= 11 is 6.90. The smallest absolute Gasteiger partial charge is 0.259 e. The normalized spacial score (nSPS) is 23.7. The topological polar surface area (TPSA) is 121 Å². The van der Waals surface area contributed by atoms with Crippen molar-refractivity contribution in [3.05, 3.63) is 57.0 Å². The van der Waals surface area contributed by atoms with Gasteiger partial charge in [0.05, 0.1) is 29.0 Å². The van der Waals surface area contributed by atoms with Gasteiger partial charge in [-0.3, -0.25) is 9.69 Å². The van der Waals surface area contributed by atoms with Crippen molar-refractivity contribution >= 4 is 51.3 Å². The zero-order chi connectivity index (χ0) is 31.4. The molecule has 0 aliphatic carbocycles. The summed E-state index contributed by atoms with van der Waals surface area (Å²) in [5.41, 5.74) is 0.480. The van der Waals surface area contributed by atoms with Gasteiger partial charge in [-0.25, -0.2) is 15.0 Å². The Morgan fingerprint density at radius 2 is 2.09 bits per heavy atom. The molecule has 3 aromatic rings. The maximum atomic E-state index is 12.9. The van der Waals surface area contributed by atoms with Crippen LogP contribution in [0.25, 0.3) is 0 Å². The summed E-state index contributed by atoms with van der Waals surface area (Å²) in [5, 5.41) is 25.2. The molecule has 0 radical (unpaired) electrons. The average Bonchev–Trinajstić information content (AvgIpc) is 3.33. The Morgan fingerprint density at radius 1 is 1.32 bits per heavy atom. The summed E-state index contributed by atoms with van der Waals surface area (Å²) in [6.45, 7) is -11.0. The molecule has 0 atom stereocenters. The number of aromatic nitrogens is 3. The molecule has 0 saturated carbocycles. The summed E-state index contributed by atoms with van der Waals surface area (Å²) in [6, 6.07) is 5.82. The second-order valence-corrected chi connectivity index (χ2v) is 8.41. The number of piperazine rings is 1. The number of hydroxylamine groups is 1. The highest BCUT2D eigenvalue weighted by molar-refractivity contribution is 7.17. The molecule has 180 valence electrons. The van der Waals surface area contributed by atoms with E-state index in [1.165, 1.54) is 13.0 Å². The van der Waals surface area contributed by atoms with Crippen LogP contribution in [0.3, 0.4) is 0 Å². The number of carbonyl (C=O) groups is 1. The molecule has 1 amide bonds. The fraction of sp³-hybridized carbons (Fsp3) is 0.364. The highest BCUT2D eigenvalue weighted by atomic mass is 35.5. The van der Waals surface area contributed by atoms with Gasteiger partial charge in [-0.1, -0.05) is 35.1 Å². The van der Waals surface area contributed by atoms with Gasteiger partial charge in [-0.15, -0.1) is 0 Å². The van der Waals surface area contributed by atoms with Gasteiger partial charge in [0.2, 0.25) is 0 Å². The molecule has 0 unspecified atom stereocenters. The zero-order valence-electron chi connectivity index (χ0n) is 26.0. The number of hydrogen-bond acceptors (Lipinski definition) is 10. The van der Waals surface area contributed by atoms with Gasteiger partial charge < -0.3 is 25.6 Å². The molecule has 0 bridgehead atoms. The Balaban J connectivity index is 1.67. The molecule has 1 aliphatic heterocycles. The first-order chi connectivity index (χ1) is 19.4. The second kappa shape index (κ2) is 10.6. The number of aliphatic hydroxyl groups excluding tert-OH is 1. The van der Waals surface area contributed by atoms with Crippen LogP contribution >= 0.6 is 22.9 Å². The number of nitrogens with zero attached hydrogens (tertiary/aromatic N) is 6. The van der Waals surface area contributed by atoms with Crippen LogP contribution < -0.4 is 15.3 Å². The third-order valence-corrected chi connectivity index (χ3v) is 5.70. The van der Waals surface area contributed by atoms with Crippen LogP contribution in [-0.4, -0.2) is 70.0 Å². The maximum Gasteiger partial charge on any atom is 0.259 e. The van der Waals surface area contributed by atoms with Crippen molar-refractivity contribution < 1.29 is 20.9 Å². The third kappa shape index (κ3) is 5.45. The van der Waals surface area contributed by atoms with E-state index < -0.39 is 50.9 Å². The van der Waals surface area contributed by atoms with Crippen molar-refractivity contribution in [1.29, 1.82) is 0 Å². The summed E-state index contributed by atoms with van der Waals surface area (Å²) < 4.78 is 67.6. The lowest BCUT2D eigenvalue weighted by Gasteiger charge is -2.35. The largest absolute Gasteiger partial charge is 0.751 e. The van der Waals surface area contributed by atoms with E-state index in [1.807, 2.05) is 0 Å². The summed E-state index contributed by atoms with van der Waals surface area (Å²) in [4.78, 5) is 25.7. The number of amides is 1. The minimum Gasteiger partial charge on any atom is -0.751 e. The van der Waals surface area contributed by atoms with E-state index in [0.29, 0.717) is 10.5 Å². The van der Waals surface area contributed by atoms with E-state index in [2.05, 4.69) is 20.3 Å². The van der Waals surface area contributed by atoms with Crippen molar-refractivity contribution in [2.75, 3.05) is 54.4 Å². The first kappa shape index (κ1) is 16.0. The summed E-state index contributed by atoms with van der Waals surface area (Å²) in [6.07, 6.45) is 1.15. The molecule has 2 aromatic heterocycles. The van der Waals surface area contributed by atoms with Crippen LogP contribution in [0.2, 0.25) is 5.02 Å². The Hall–Kier alpha value is -2.83. The molecule has 12 heteroatoms. The monoisotopic (exact) mass is 510 g/mol. The molecule has 0 spiro atoms. The molecule has 10 nitrogen and oxygen atoms in total. The van der Waals surface area contributed by atoms with E-state index in [4.69, 9.17) is 22.6 Å². The number of aliphatic hydroxyl groups is 1. The Morgan fingerprint density at radius 3 is 2.79 bits per heavy atom. The molecule has 34 heavy (non-hydrogen) atoms. The van der Waals surface area contributed by atoms with Crippen LogP contribution in [0.4, 0.5) is 22.5 Å². The second-order valence-electron chi connectivity index (χ2n) is 6.98. The number of benzene rings is 1. The molecule has 4 rings (SSSR count). The fourth-order valence-corrected chi connectivity index (χ4v) is 4.00. The lowest BCUT2D eigenvalue weighted by Crippen LogP contribution is -2.47. The zero-order valence-corrected chi connectivity index (χ0v) is 19.6. The van der Waals surface area contributed by atoms with Crippen molar-refractivity contribution in [1.82, 2.24) is 19.9 Å². The molecule has 1 fully saturated rings. The van der Waals surface area contributed by atoms with Crippen molar-refractivity contribution in [2.45, 2.75) is 13.8 Å². The number of carbonyl (C=O) groups excluding carboxylic acids is 1. The van der Waals surface area contributed by atoms with Crippen molar-refractivity contribution in [2.24, 2.45) is 0 Å². The number of nitrogens with one attached hydrogen (secondary N) is 1. The number of aryl methyl sites for hydroxylation is 2. The van der Waals surface area contributed by atoms with Gasteiger partial charge in [-0.05, 0) is 25.5 Å². The Labute approximate surface area is 217 Å². The minimum atomic E-state index is -3.19. The maximum absolute atomic E-state index is 12.9. The van der Waals surface area contributed by atoms with Crippen LogP contribution in [0, 0.1) is 19.1 Å². The highest BCUT2D eigenvalue weighted by Gasteiger charge is 2.20. The van der Waals surface area contributed by atoms with Crippen LogP contribution in [-0.2, 0) is 0 Å². The van der Waals surface area contributed by atoms with E-state index in [-0.39, 0.29) is 42.3 Å². The molecular weight excluding hydrogens is 478 g/mol. The first-order valence-electron chi connectivity index (χ1n) is 13.9. The van der Waals surface area contributed by atoms with Crippen LogP contribution in [0.1, 0.15) is 32.0 Å². The van der Waals surface area contributed by atoms with Gasteiger partial charge in [0, 0.05) is 44.1 Å². The molecule has 1 aromatic carbocycles. The van der Waals surface area contributed by atoms with E-state index in [1.54, 1.807) is 19.1 Å². The molecular formula is C22H25ClN7O3S-. The SMILES string of the molecule is [2H]C1([2H])N(CCO)C([2H])([2H])C([2H])([2H])N(c2cc(Nc3ncc(C(=O)N([O-])c4c(C)cccc4Cl)s3)nc(C)n2)C1([2H])[2H]. The quantitative estimate of drug-likeness (QED) is 0.461. The first-order valence-corrected chi connectivity index (χ1v) is 11.1. The highest BCUT2D eigenvalue weighted by Crippen LogP contribution is 2.32. The number of thiazole rings is 1. The van der Waals surface area contributed by atoms with Gasteiger partial charge in [-0.2, -0.15) is 0 Å². The molecule has 3 heterocycles. The number of β-amino-alcohol motifs (C(OH)–C–C–N with tert-alkyl or cyclic N) is 1. The summed E-state index contributed by atoms with van der Waals surface area (Å²) in [5.74, 6) is -1.47. The van der Waals surface area contributed by atoms with E-state index in [9.17, 15) is 15.1 Å².